The second-order valence-electron chi connectivity index (χ2n) is 4.99. The van der Waals surface area contributed by atoms with Gasteiger partial charge >= 0.3 is 0 Å². The Morgan fingerprint density at radius 2 is 1.80 bits per heavy atom. The summed E-state index contributed by atoms with van der Waals surface area (Å²) in [6, 6.07) is 0.620. The van der Waals surface area contributed by atoms with Crippen molar-refractivity contribution in [3.63, 3.8) is 0 Å². The van der Waals surface area contributed by atoms with Gasteiger partial charge in [-0.3, -0.25) is 4.90 Å². The molecule has 1 aliphatic heterocycles. The van der Waals surface area contributed by atoms with Gasteiger partial charge in [-0.25, -0.2) is 0 Å². The Morgan fingerprint density at radius 1 is 1.00 bits per heavy atom. The van der Waals surface area contributed by atoms with Crippen LogP contribution in [-0.2, 0) is 0 Å². The highest BCUT2D eigenvalue weighted by atomic mass is 16.3. The summed E-state index contributed by atoms with van der Waals surface area (Å²) in [5.74, 6) is 0. The van der Waals surface area contributed by atoms with Crippen molar-refractivity contribution in [2.45, 2.75) is 63.1 Å². The Balaban J connectivity index is 1.99. The van der Waals surface area contributed by atoms with Crippen molar-refractivity contribution < 1.29 is 10.2 Å². The highest BCUT2D eigenvalue weighted by Crippen LogP contribution is 2.28. The third-order valence-corrected chi connectivity index (χ3v) is 4.00. The van der Waals surface area contributed by atoms with Crippen molar-refractivity contribution in [2.75, 3.05) is 13.2 Å². The zero-order valence-corrected chi connectivity index (χ0v) is 9.44. The molecule has 3 heteroatoms. The third-order valence-electron chi connectivity index (χ3n) is 4.00. The number of rotatable bonds is 2. The van der Waals surface area contributed by atoms with Gasteiger partial charge in [-0.1, -0.05) is 19.3 Å². The number of likely N-dealkylation sites (tertiary alicyclic amines) is 1. The van der Waals surface area contributed by atoms with Crippen LogP contribution in [0, 0.1) is 0 Å². The lowest BCUT2D eigenvalue weighted by Crippen LogP contribution is -2.46. The lowest BCUT2D eigenvalue weighted by Gasteiger charge is -2.34. The van der Waals surface area contributed by atoms with E-state index in [4.69, 9.17) is 0 Å². The number of hydrogen-bond donors (Lipinski definition) is 2. The van der Waals surface area contributed by atoms with Crippen molar-refractivity contribution in [1.29, 1.82) is 0 Å². The first-order valence-corrected chi connectivity index (χ1v) is 6.37. The van der Waals surface area contributed by atoms with E-state index < -0.39 is 0 Å². The zero-order valence-electron chi connectivity index (χ0n) is 9.44. The molecule has 88 valence electrons. The van der Waals surface area contributed by atoms with Crippen LogP contribution in [0.2, 0.25) is 0 Å². The van der Waals surface area contributed by atoms with E-state index in [-0.39, 0.29) is 12.7 Å². The molecule has 2 N–H and O–H groups in total. The topological polar surface area (TPSA) is 43.7 Å². The van der Waals surface area contributed by atoms with Crippen LogP contribution in [0.3, 0.4) is 0 Å². The maximum atomic E-state index is 10.1. The molecule has 1 heterocycles. The van der Waals surface area contributed by atoms with Crippen LogP contribution in [0.25, 0.3) is 0 Å². The molecule has 0 radical (unpaired) electrons. The molecule has 2 fully saturated rings. The van der Waals surface area contributed by atoms with Gasteiger partial charge in [0.15, 0.2) is 0 Å². The molecule has 15 heavy (non-hydrogen) atoms. The number of hydrogen-bond acceptors (Lipinski definition) is 3. The van der Waals surface area contributed by atoms with Crippen molar-refractivity contribution in [3.05, 3.63) is 0 Å². The van der Waals surface area contributed by atoms with Crippen molar-refractivity contribution in [3.8, 4) is 0 Å². The minimum absolute atomic E-state index is 0.167. The number of aliphatic hydroxyl groups is 2. The van der Waals surface area contributed by atoms with Gasteiger partial charge in [0.1, 0.15) is 0 Å². The standard InChI is InChI=1S/C12H23NO2/c14-9-10-5-4-8-13(10)11-6-2-1-3-7-12(11)15/h10-12,14-15H,1-9H2/t10-,11?,12?/m1/s1. The highest BCUT2D eigenvalue weighted by Gasteiger charge is 2.34. The molecule has 2 aliphatic rings. The van der Waals surface area contributed by atoms with Crippen molar-refractivity contribution in [2.24, 2.45) is 0 Å². The van der Waals surface area contributed by atoms with Gasteiger partial charge in [-0.05, 0) is 32.2 Å². The quantitative estimate of drug-likeness (QED) is 0.676. The Labute approximate surface area is 92.1 Å². The van der Waals surface area contributed by atoms with E-state index in [9.17, 15) is 10.2 Å². The molecule has 0 bridgehead atoms. The molecule has 3 atom stereocenters. The second-order valence-corrected chi connectivity index (χ2v) is 4.99. The SMILES string of the molecule is OC[C@H]1CCCN1C1CCCCCC1O. The summed E-state index contributed by atoms with van der Waals surface area (Å²) in [6.07, 6.45) is 7.81. The van der Waals surface area contributed by atoms with E-state index >= 15 is 0 Å². The minimum Gasteiger partial charge on any atom is -0.395 e. The fourth-order valence-corrected chi connectivity index (χ4v) is 3.15. The fraction of sp³-hybridized carbons (Fsp3) is 1.00. The first-order valence-electron chi connectivity index (χ1n) is 6.37. The summed E-state index contributed by atoms with van der Waals surface area (Å²) in [7, 11) is 0. The Hall–Kier alpha value is -0.120. The van der Waals surface area contributed by atoms with Gasteiger partial charge in [-0.15, -0.1) is 0 Å². The smallest absolute Gasteiger partial charge is 0.0695 e. The van der Waals surface area contributed by atoms with Crippen molar-refractivity contribution >= 4 is 0 Å². The van der Waals surface area contributed by atoms with Gasteiger partial charge in [-0.2, -0.15) is 0 Å². The van der Waals surface area contributed by atoms with Gasteiger partial charge < -0.3 is 10.2 Å². The Morgan fingerprint density at radius 3 is 2.60 bits per heavy atom. The molecule has 1 aliphatic carbocycles. The zero-order chi connectivity index (χ0) is 10.7. The molecule has 0 amide bonds. The van der Waals surface area contributed by atoms with Crippen LogP contribution >= 0.6 is 0 Å². The van der Waals surface area contributed by atoms with Crippen LogP contribution in [0.1, 0.15) is 44.9 Å². The van der Waals surface area contributed by atoms with Gasteiger partial charge in [0.05, 0.1) is 12.7 Å². The molecule has 0 spiro atoms. The lowest BCUT2D eigenvalue weighted by atomic mass is 10.0. The molecule has 0 aromatic rings. The van der Waals surface area contributed by atoms with Crippen LogP contribution in [-0.4, -0.2) is 46.5 Å². The molecule has 1 saturated heterocycles. The molecule has 0 aromatic carbocycles. The Bertz CT molecular complexity index is 198. The van der Waals surface area contributed by atoms with E-state index in [0.29, 0.717) is 12.1 Å². The summed E-state index contributed by atoms with van der Waals surface area (Å²) in [4.78, 5) is 2.36. The van der Waals surface area contributed by atoms with Gasteiger partial charge in [0, 0.05) is 12.1 Å². The second kappa shape index (κ2) is 5.28. The predicted molar refractivity (Wildman–Crippen MR) is 59.7 cm³/mol. The van der Waals surface area contributed by atoms with Crippen molar-refractivity contribution in [1.82, 2.24) is 4.90 Å². The van der Waals surface area contributed by atoms with E-state index in [1.165, 1.54) is 19.3 Å². The minimum atomic E-state index is -0.167. The van der Waals surface area contributed by atoms with E-state index in [2.05, 4.69) is 4.90 Å². The van der Waals surface area contributed by atoms with E-state index in [1.54, 1.807) is 0 Å². The van der Waals surface area contributed by atoms with Crippen LogP contribution < -0.4 is 0 Å². The molecule has 3 nitrogen and oxygen atoms in total. The summed E-state index contributed by atoms with van der Waals surface area (Å²) in [5.41, 5.74) is 0. The molecular weight excluding hydrogens is 190 g/mol. The van der Waals surface area contributed by atoms with E-state index in [0.717, 1.165) is 32.2 Å². The van der Waals surface area contributed by atoms with E-state index in [1.807, 2.05) is 0 Å². The monoisotopic (exact) mass is 213 g/mol. The predicted octanol–water partition coefficient (Wildman–Crippen LogP) is 1.14. The fourth-order valence-electron chi connectivity index (χ4n) is 3.15. The van der Waals surface area contributed by atoms with Crippen LogP contribution in [0.5, 0.6) is 0 Å². The summed E-state index contributed by atoms with van der Waals surface area (Å²) < 4.78 is 0. The third kappa shape index (κ3) is 2.52. The molecule has 0 aromatic heterocycles. The van der Waals surface area contributed by atoms with Gasteiger partial charge in [0.25, 0.3) is 0 Å². The van der Waals surface area contributed by atoms with Crippen LogP contribution in [0.15, 0.2) is 0 Å². The maximum Gasteiger partial charge on any atom is 0.0695 e. The number of nitrogens with zero attached hydrogens (tertiary/aromatic N) is 1. The molecular formula is C12H23NO2. The number of aliphatic hydroxyl groups excluding tert-OH is 2. The largest absolute Gasteiger partial charge is 0.395 e. The lowest BCUT2D eigenvalue weighted by molar-refractivity contribution is 0.0234. The van der Waals surface area contributed by atoms with Gasteiger partial charge in [0.2, 0.25) is 0 Å². The first kappa shape index (κ1) is 11.4. The highest BCUT2D eigenvalue weighted by molar-refractivity contribution is 4.89. The molecule has 2 unspecified atom stereocenters. The summed E-state index contributed by atoms with van der Waals surface area (Å²) in [5, 5.41) is 19.4. The van der Waals surface area contributed by atoms with Crippen LogP contribution in [0.4, 0.5) is 0 Å². The normalized spacial score (nSPS) is 39.2. The average molecular weight is 213 g/mol. The summed E-state index contributed by atoms with van der Waals surface area (Å²) >= 11 is 0. The maximum absolute atomic E-state index is 10.1. The summed E-state index contributed by atoms with van der Waals surface area (Å²) in [6.45, 7) is 1.32. The molecule has 2 rings (SSSR count). The Kier molecular flexibility index (Phi) is 4.00. The first-order chi connectivity index (χ1) is 7.33. The average Bonchev–Trinajstić information content (AvgIpc) is 2.61. The molecule has 1 saturated carbocycles.